The Balaban J connectivity index is 1.23. The Hall–Kier alpha value is -1.96. The molecule has 200 valence electrons. The molecule has 0 bridgehead atoms. The van der Waals surface area contributed by atoms with Crippen LogP contribution in [0.3, 0.4) is 0 Å². The molecule has 36 heavy (non-hydrogen) atoms. The van der Waals surface area contributed by atoms with Crippen LogP contribution >= 0.6 is 0 Å². The first-order chi connectivity index (χ1) is 17.1. The number of fused-ring (bicyclic) bond motifs is 1. The second-order valence-corrected chi connectivity index (χ2v) is 12.3. The van der Waals surface area contributed by atoms with Gasteiger partial charge in [0.25, 0.3) is 0 Å². The minimum absolute atomic E-state index is 0.00963. The Morgan fingerprint density at radius 3 is 2.69 bits per heavy atom. The summed E-state index contributed by atoms with van der Waals surface area (Å²) in [6.45, 7) is 1.79. The van der Waals surface area contributed by atoms with Gasteiger partial charge in [-0.05, 0) is 44.9 Å². The van der Waals surface area contributed by atoms with Crippen LogP contribution in [0.1, 0.15) is 44.9 Å². The van der Waals surface area contributed by atoms with Gasteiger partial charge in [0.15, 0.2) is 18.1 Å². The second-order valence-electron chi connectivity index (χ2n) is 10.5. The number of sulfonamides is 1. The Morgan fingerprint density at radius 2 is 2.06 bits per heavy atom. The predicted molar refractivity (Wildman–Crippen MR) is 123 cm³/mol. The van der Waals surface area contributed by atoms with Gasteiger partial charge in [-0.15, -0.1) is 0 Å². The summed E-state index contributed by atoms with van der Waals surface area (Å²) in [4.78, 5) is 22.9. The van der Waals surface area contributed by atoms with Crippen molar-refractivity contribution in [3.8, 4) is 0 Å². The maximum absolute atomic E-state index is 14.0. The van der Waals surface area contributed by atoms with Crippen molar-refractivity contribution < 1.29 is 36.2 Å². The molecule has 1 amide bonds. The van der Waals surface area contributed by atoms with Crippen molar-refractivity contribution in [1.82, 2.24) is 19.6 Å². The van der Waals surface area contributed by atoms with E-state index in [9.17, 15) is 22.0 Å². The molecule has 5 rings (SSSR count). The van der Waals surface area contributed by atoms with Crippen LogP contribution in [-0.4, -0.2) is 92.0 Å². The van der Waals surface area contributed by atoms with Crippen LogP contribution in [0.25, 0.3) is 0 Å². The number of nitrogens with zero attached hydrogens (tertiary/aromatic N) is 3. The van der Waals surface area contributed by atoms with E-state index in [1.54, 1.807) is 6.92 Å². The number of ether oxygens (including phenoxy) is 3. The first-order valence-corrected chi connectivity index (χ1v) is 14.2. The summed E-state index contributed by atoms with van der Waals surface area (Å²) in [6.07, 6.45) is 3.96. The Kier molecular flexibility index (Phi) is 6.94. The van der Waals surface area contributed by atoms with Crippen molar-refractivity contribution in [2.75, 3.05) is 26.1 Å². The van der Waals surface area contributed by atoms with Gasteiger partial charge in [0.1, 0.15) is 5.82 Å². The highest BCUT2D eigenvalue weighted by molar-refractivity contribution is 7.88. The van der Waals surface area contributed by atoms with Crippen molar-refractivity contribution in [2.24, 2.45) is 5.92 Å². The summed E-state index contributed by atoms with van der Waals surface area (Å²) >= 11 is 0. The largest absolute Gasteiger partial charge is 0.440 e. The highest BCUT2D eigenvalue weighted by atomic mass is 32.2. The predicted octanol–water partition coefficient (Wildman–Crippen LogP) is 1.70. The van der Waals surface area contributed by atoms with E-state index in [1.165, 1.54) is 17.3 Å². The number of carbonyl (C=O) groups excluding carboxylic acids is 1. The molecule has 4 fully saturated rings. The smallest absolute Gasteiger partial charge is 0.410 e. The number of carbonyl (C=O) groups is 1. The third-order valence-electron chi connectivity index (χ3n) is 7.94. The molecule has 2 saturated heterocycles. The molecule has 8 atom stereocenters. The summed E-state index contributed by atoms with van der Waals surface area (Å²) in [5.41, 5.74) is -0.127. The lowest BCUT2D eigenvalue weighted by Crippen LogP contribution is -2.51. The van der Waals surface area contributed by atoms with Crippen LogP contribution in [0.5, 0.6) is 0 Å². The van der Waals surface area contributed by atoms with Crippen molar-refractivity contribution in [1.29, 1.82) is 0 Å². The lowest BCUT2D eigenvalue weighted by molar-refractivity contribution is -0.0201. The molecule has 1 N–H and O–H groups in total. The fraction of sp³-hybridized carbons (Fsp3) is 0.783. The zero-order chi connectivity index (χ0) is 25.7. The van der Waals surface area contributed by atoms with Gasteiger partial charge in [0, 0.05) is 17.5 Å². The van der Waals surface area contributed by atoms with Gasteiger partial charge < -0.3 is 14.2 Å². The Morgan fingerprint density at radius 1 is 1.31 bits per heavy atom. The van der Waals surface area contributed by atoms with E-state index in [1.807, 2.05) is 0 Å². The molecule has 10 nitrogen and oxygen atoms in total. The maximum Gasteiger partial charge on any atom is 0.410 e. The van der Waals surface area contributed by atoms with Gasteiger partial charge in [-0.25, -0.2) is 36.7 Å². The summed E-state index contributed by atoms with van der Waals surface area (Å²) in [5, 5.41) is 0. The molecule has 4 aliphatic rings. The highest BCUT2D eigenvalue weighted by Gasteiger charge is 2.60. The molecule has 0 radical (unpaired) electrons. The quantitative estimate of drug-likeness (QED) is 0.566. The SMILES string of the molecule is C[C@@H]1C[C@H](NS(C)(=O)=O)[C@H](CO[C@H]2CC[C@@]3(c4ncc(F)cn4)C[C@H]3C2)N1C(=O)O[C@H]1COC[C@@H]1F. The molecule has 13 heteroatoms. The van der Waals surface area contributed by atoms with Gasteiger partial charge in [0.2, 0.25) is 10.0 Å². The number of rotatable bonds is 7. The van der Waals surface area contributed by atoms with E-state index in [2.05, 4.69) is 14.7 Å². The molecular formula is C23H32F2N4O6S. The van der Waals surface area contributed by atoms with Crippen molar-refractivity contribution >= 4 is 16.1 Å². The molecule has 2 aliphatic heterocycles. The Bertz CT molecular complexity index is 1080. The van der Waals surface area contributed by atoms with Crippen LogP contribution in [-0.2, 0) is 29.6 Å². The summed E-state index contributed by atoms with van der Waals surface area (Å²) in [6, 6.07) is -1.49. The van der Waals surface area contributed by atoms with E-state index in [4.69, 9.17) is 14.2 Å². The number of likely N-dealkylation sites (tertiary alicyclic amines) is 1. The van der Waals surface area contributed by atoms with Crippen LogP contribution < -0.4 is 4.72 Å². The molecule has 0 aromatic carbocycles. The van der Waals surface area contributed by atoms with Crippen molar-refractivity contribution in [3.63, 3.8) is 0 Å². The standard InChI is InChI=1S/C23H32F2N4O6S/c1-13-5-18(28-36(2,31)32)19(29(13)22(30)35-20-12-33-10-17(20)25)11-34-16-3-4-23(7-14(23)6-16)21-26-8-15(24)9-27-21/h8-9,13-14,16-20,28H,3-7,10-12H2,1-2H3/t13-,14-,16+,17+,18+,19+,20+,23-/m1/s1. The third kappa shape index (κ3) is 5.20. The molecule has 2 aliphatic carbocycles. The third-order valence-corrected chi connectivity index (χ3v) is 8.67. The fourth-order valence-electron chi connectivity index (χ4n) is 6.07. The van der Waals surface area contributed by atoms with Crippen LogP contribution in [0.4, 0.5) is 13.6 Å². The zero-order valence-electron chi connectivity index (χ0n) is 20.3. The lowest BCUT2D eigenvalue weighted by Gasteiger charge is -2.33. The van der Waals surface area contributed by atoms with Crippen molar-refractivity contribution in [3.05, 3.63) is 24.0 Å². The van der Waals surface area contributed by atoms with Crippen LogP contribution in [0.2, 0.25) is 0 Å². The van der Waals surface area contributed by atoms with Crippen LogP contribution in [0, 0.1) is 11.7 Å². The number of amides is 1. The lowest BCUT2D eigenvalue weighted by atomic mass is 9.86. The highest BCUT2D eigenvalue weighted by Crippen LogP contribution is 2.61. The van der Waals surface area contributed by atoms with Crippen LogP contribution in [0.15, 0.2) is 12.4 Å². The topological polar surface area (TPSA) is 120 Å². The maximum atomic E-state index is 14.0. The molecule has 1 aromatic rings. The summed E-state index contributed by atoms with van der Waals surface area (Å²) in [5.74, 6) is 0.544. The average molecular weight is 531 g/mol. The molecule has 2 saturated carbocycles. The van der Waals surface area contributed by atoms with E-state index in [0.29, 0.717) is 18.2 Å². The summed E-state index contributed by atoms with van der Waals surface area (Å²) < 4.78 is 70.5. The molecule has 3 heterocycles. The number of halogens is 2. The number of hydrogen-bond donors (Lipinski definition) is 1. The van der Waals surface area contributed by atoms with Gasteiger partial charge in [0.05, 0.1) is 50.6 Å². The number of alkyl halides is 1. The monoisotopic (exact) mass is 530 g/mol. The van der Waals surface area contributed by atoms with Gasteiger partial charge in [-0.2, -0.15) is 0 Å². The van der Waals surface area contributed by atoms with E-state index < -0.39 is 46.3 Å². The molecular weight excluding hydrogens is 498 g/mol. The number of aromatic nitrogens is 2. The first kappa shape index (κ1) is 25.7. The minimum Gasteiger partial charge on any atom is -0.440 e. The second kappa shape index (κ2) is 9.73. The van der Waals surface area contributed by atoms with Gasteiger partial charge in [-0.3, -0.25) is 4.90 Å². The van der Waals surface area contributed by atoms with Gasteiger partial charge >= 0.3 is 6.09 Å². The molecule has 1 aromatic heterocycles. The normalized spacial score (nSPS) is 38.1. The van der Waals surface area contributed by atoms with E-state index in [-0.39, 0.29) is 37.4 Å². The Labute approximate surface area is 209 Å². The average Bonchev–Trinajstić information content (AvgIpc) is 3.29. The minimum atomic E-state index is -3.54. The summed E-state index contributed by atoms with van der Waals surface area (Å²) in [7, 11) is -3.54. The van der Waals surface area contributed by atoms with E-state index >= 15 is 0 Å². The number of hydrogen-bond acceptors (Lipinski definition) is 8. The van der Waals surface area contributed by atoms with Crippen molar-refractivity contribution in [2.45, 2.75) is 80.9 Å². The molecule has 0 spiro atoms. The van der Waals surface area contributed by atoms with Gasteiger partial charge in [-0.1, -0.05) is 0 Å². The first-order valence-electron chi connectivity index (χ1n) is 12.3. The zero-order valence-corrected chi connectivity index (χ0v) is 21.1. The number of nitrogens with one attached hydrogen (secondary N) is 1. The van der Waals surface area contributed by atoms with E-state index in [0.717, 1.165) is 31.9 Å². The molecule has 0 unspecified atom stereocenters. The fourth-order valence-corrected chi connectivity index (χ4v) is 6.87.